The van der Waals surface area contributed by atoms with Crippen molar-refractivity contribution in [3.63, 3.8) is 0 Å². The largest absolute Gasteiger partial charge is 0.351 e. The van der Waals surface area contributed by atoms with Gasteiger partial charge in [0.1, 0.15) is 11.6 Å². The number of anilines is 1. The zero-order chi connectivity index (χ0) is 21.6. The molecule has 0 spiro atoms. The van der Waals surface area contributed by atoms with Gasteiger partial charge in [-0.1, -0.05) is 29.8 Å². The Bertz CT molecular complexity index is 1020. The number of hydrogen-bond donors (Lipinski definition) is 1. The standard InChI is InChI=1S/C22H23ClFN5OS/c23-18-3-1-2-17(15-18)21(30)25-8-9-28-10-12-29(13-11-28)22-26-20(27-31-22)14-16-4-6-19(24)7-5-16/h1-7,15H,8-14H2,(H,25,30). The summed E-state index contributed by atoms with van der Waals surface area (Å²) in [5.41, 5.74) is 1.57. The van der Waals surface area contributed by atoms with Crippen LogP contribution in [0, 0.1) is 5.82 Å². The fourth-order valence-corrected chi connectivity index (χ4v) is 4.38. The van der Waals surface area contributed by atoms with E-state index in [2.05, 4.69) is 24.5 Å². The van der Waals surface area contributed by atoms with Gasteiger partial charge in [-0.2, -0.15) is 4.37 Å². The highest BCUT2D eigenvalue weighted by Crippen LogP contribution is 2.20. The molecular formula is C22H23ClFN5OS. The molecule has 1 saturated heterocycles. The van der Waals surface area contributed by atoms with Crippen molar-refractivity contribution in [1.82, 2.24) is 19.6 Å². The van der Waals surface area contributed by atoms with Gasteiger partial charge in [0.05, 0.1) is 0 Å². The van der Waals surface area contributed by atoms with Gasteiger partial charge in [0.25, 0.3) is 5.91 Å². The number of piperazine rings is 1. The average Bonchev–Trinajstić information content (AvgIpc) is 3.24. The molecule has 1 fully saturated rings. The van der Waals surface area contributed by atoms with Crippen molar-refractivity contribution in [2.75, 3.05) is 44.2 Å². The maximum Gasteiger partial charge on any atom is 0.251 e. The van der Waals surface area contributed by atoms with Gasteiger partial charge < -0.3 is 10.2 Å². The van der Waals surface area contributed by atoms with E-state index < -0.39 is 0 Å². The fraction of sp³-hybridized carbons (Fsp3) is 0.318. The number of nitrogens with zero attached hydrogens (tertiary/aromatic N) is 4. The first-order valence-electron chi connectivity index (χ1n) is 10.1. The molecule has 1 aliphatic rings. The van der Waals surface area contributed by atoms with Crippen molar-refractivity contribution < 1.29 is 9.18 Å². The molecule has 0 aliphatic carbocycles. The summed E-state index contributed by atoms with van der Waals surface area (Å²) in [7, 11) is 0. The van der Waals surface area contributed by atoms with Crippen molar-refractivity contribution in [3.05, 3.63) is 76.3 Å². The van der Waals surface area contributed by atoms with E-state index >= 15 is 0 Å². The molecule has 0 atom stereocenters. The van der Waals surface area contributed by atoms with Crippen molar-refractivity contribution >= 4 is 34.2 Å². The van der Waals surface area contributed by atoms with Gasteiger partial charge in [-0.05, 0) is 35.9 Å². The molecule has 4 rings (SSSR count). The van der Waals surface area contributed by atoms with Gasteiger partial charge in [0, 0.05) is 67.8 Å². The van der Waals surface area contributed by atoms with Crippen LogP contribution >= 0.6 is 23.1 Å². The number of carbonyl (C=O) groups is 1. The number of rotatable bonds is 7. The minimum Gasteiger partial charge on any atom is -0.351 e. The molecule has 0 radical (unpaired) electrons. The third-order valence-corrected chi connectivity index (χ3v) is 6.23. The van der Waals surface area contributed by atoms with E-state index in [1.165, 1.54) is 23.7 Å². The van der Waals surface area contributed by atoms with Crippen molar-refractivity contribution in [3.8, 4) is 0 Å². The van der Waals surface area contributed by atoms with E-state index in [4.69, 9.17) is 11.6 Å². The highest BCUT2D eigenvalue weighted by molar-refractivity contribution is 7.09. The molecule has 31 heavy (non-hydrogen) atoms. The SMILES string of the molecule is O=C(NCCN1CCN(c2nc(Cc3ccc(F)cc3)ns2)CC1)c1cccc(Cl)c1. The second-order valence-corrected chi connectivity index (χ2v) is 8.56. The third-order valence-electron chi connectivity index (χ3n) is 5.18. The molecule has 1 aromatic heterocycles. The molecule has 0 saturated carbocycles. The second kappa shape index (κ2) is 10.2. The topological polar surface area (TPSA) is 61.4 Å². The molecule has 0 bridgehead atoms. The fourth-order valence-electron chi connectivity index (χ4n) is 3.45. The summed E-state index contributed by atoms with van der Waals surface area (Å²) in [6.07, 6.45) is 0.600. The number of nitrogens with one attached hydrogen (secondary N) is 1. The van der Waals surface area contributed by atoms with E-state index in [0.717, 1.165) is 49.2 Å². The molecule has 0 unspecified atom stereocenters. The quantitative estimate of drug-likeness (QED) is 0.586. The Balaban J connectivity index is 1.20. The molecule has 2 aromatic carbocycles. The number of benzene rings is 2. The highest BCUT2D eigenvalue weighted by atomic mass is 35.5. The molecule has 1 aliphatic heterocycles. The minimum atomic E-state index is -0.238. The second-order valence-electron chi connectivity index (χ2n) is 7.39. The molecule has 3 aromatic rings. The van der Waals surface area contributed by atoms with E-state index in [1.807, 2.05) is 0 Å². The number of carbonyl (C=O) groups excluding carboxylic acids is 1. The van der Waals surface area contributed by atoms with Crippen LogP contribution in [0.15, 0.2) is 48.5 Å². The lowest BCUT2D eigenvalue weighted by Gasteiger charge is -2.34. The number of halogens is 2. The minimum absolute atomic E-state index is 0.108. The summed E-state index contributed by atoms with van der Waals surface area (Å²) in [6, 6.07) is 13.4. The van der Waals surface area contributed by atoms with Crippen LogP contribution in [0.1, 0.15) is 21.7 Å². The van der Waals surface area contributed by atoms with E-state index in [9.17, 15) is 9.18 Å². The Morgan fingerprint density at radius 2 is 1.90 bits per heavy atom. The summed E-state index contributed by atoms with van der Waals surface area (Å²) in [5.74, 6) is 0.416. The van der Waals surface area contributed by atoms with Gasteiger partial charge in [-0.25, -0.2) is 9.37 Å². The lowest BCUT2D eigenvalue weighted by Crippen LogP contribution is -2.48. The maximum atomic E-state index is 13.0. The number of hydrogen-bond acceptors (Lipinski definition) is 6. The van der Waals surface area contributed by atoms with Gasteiger partial charge >= 0.3 is 0 Å². The highest BCUT2D eigenvalue weighted by Gasteiger charge is 2.20. The van der Waals surface area contributed by atoms with Crippen LogP contribution in [-0.2, 0) is 6.42 Å². The molecule has 9 heteroatoms. The molecule has 6 nitrogen and oxygen atoms in total. The van der Waals surface area contributed by atoms with Gasteiger partial charge in [0.2, 0.25) is 5.13 Å². The van der Waals surface area contributed by atoms with E-state index in [1.54, 1.807) is 36.4 Å². The van der Waals surface area contributed by atoms with Crippen molar-refractivity contribution in [2.45, 2.75) is 6.42 Å². The first kappa shape index (κ1) is 21.7. The van der Waals surface area contributed by atoms with Crippen LogP contribution in [0.5, 0.6) is 0 Å². The Kier molecular flexibility index (Phi) is 7.11. The predicted octanol–water partition coefficient (Wildman–Crippen LogP) is 3.47. The van der Waals surface area contributed by atoms with Crippen LogP contribution in [0.2, 0.25) is 5.02 Å². The third kappa shape index (κ3) is 6.00. The first-order chi connectivity index (χ1) is 15.1. The Hall–Kier alpha value is -2.55. The van der Waals surface area contributed by atoms with Crippen LogP contribution in [-0.4, -0.2) is 59.4 Å². The smallest absolute Gasteiger partial charge is 0.251 e. The van der Waals surface area contributed by atoms with E-state index in [-0.39, 0.29) is 11.7 Å². The molecule has 162 valence electrons. The van der Waals surface area contributed by atoms with Crippen LogP contribution in [0.25, 0.3) is 0 Å². The zero-order valence-corrected chi connectivity index (χ0v) is 18.5. The van der Waals surface area contributed by atoms with Gasteiger partial charge in [-0.3, -0.25) is 9.69 Å². The Morgan fingerprint density at radius 1 is 1.13 bits per heavy atom. The van der Waals surface area contributed by atoms with Crippen LogP contribution < -0.4 is 10.2 Å². The molecule has 1 amide bonds. The number of amides is 1. The Labute approximate surface area is 189 Å². The molecular weight excluding hydrogens is 437 g/mol. The molecule has 1 N–H and O–H groups in total. The number of aromatic nitrogens is 2. The summed E-state index contributed by atoms with van der Waals surface area (Å²) in [6.45, 7) is 4.93. The van der Waals surface area contributed by atoms with Crippen LogP contribution in [0.3, 0.4) is 0 Å². The zero-order valence-electron chi connectivity index (χ0n) is 16.9. The summed E-state index contributed by atoms with van der Waals surface area (Å²) >= 11 is 7.35. The van der Waals surface area contributed by atoms with Gasteiger partial charge in [-0.15, -0.1) is 0 Å². The van der Waals surface area contributed by atoms with Crippen LogP contribution in [0.4, 0.5) is 9.52 Å². The maximum absolute atomic E-state index is 13.0. The van der Waals surface area contributed by atoms with Crippen molar-refractivity contribution in [2.24, 2.45) is 0 Å². The average molecular weight is 460 g/mol. The normalized spacial score (nSPS) is 14.6. The van der Waals surface area contributed by atoms with E-state index in [0.29, 0.717) is 23.6 Å². The predicted molar refractivity (Wildman–Crippen MR) is 122 cm³/mol. The first-order valence-corrected chi connectivity index (χ1v) is 11.3. The Morgan fingerprint density at radius 3 is 2.65 bits per heavy atom. The summed E-state index contributed by atoms with van der Waals surface area (Å²) in [4.78, 5) is 21.4. The summed E-state index contributed by atoms with van der Waals surface area (Å²) < 4.78 is 17.5. The molecule has 2 heterocycles. The van der Waals surface area contributed by atoms with Crippen molar-refractivity contribution in [1.29, 1.82) is 0 Å². The van der Waals surface area contributed by atoms with Gasteiger partial charge in [0.15, 0.2) is 0 Å². The lowest BCUT2D eigenvalue weighted by atomic mass is 10.1. The summed E-state index contributed by atoms with van der Waals surface area (Å²) in [5, 5.41) is 4.43. The lowest BCUT2D eigenvalue weighted by molar-refractivity contribution is 0.0948. The monoisotopic (exact) mass is 459 g/mol.